The van der Waals surface area contributed by atoms with E-state index in [0.717, 1.165) is 25.7 Å². The van der Waals surface area contributed by atoms with Crippen molar-refractivity contribution in [2.45, 2.75) is 63.3 Å². The number of hydrogen-bond donors (Lipinski definition) is 0. The summed E-state index contributed by atoms with van der Waals surface area (Å²) in [7, 11) is 0. The summed E-state index contributed by atoms with van der Waals surface area (Å²) in [4.78, 5) is 12.2. The second-order valence-corrected chi connectivity index (χ2v) is 5.53. The number of hydrogen-bond acceptors (Lipinski definition) is 3. The van der Waals surface area contributed by atoms with Crippen LogP contribution in [0.1, 0.15) is 45.4 Å². The Labute approximate surface area is 102 Å². The SMILES string of the molecule is CCC1(OC(=O)C2CC3C=CC2O3)CCCC1. The molecule has 0 radical (unpaired) electrons. The zero-order valence-electron chi connectivity index (χ0n) is 10.4. The van der Waals surface area contributed by atoms with Crippen molar-refractivity contribution in [1.29, 1.82) is 0 Å². The van der Waals surface area contributed by atoms with Gasteiger partial charge in [-0.1, -0.05) is 19.1 Å². The van der Waals surface area contributed by atoms with Crippen LogP contribution in [0.2, 0.25) is 0 Å². The normalized spacial score (nSPS) is 37.6. The summed E-state index contributed by atoms with van der Waals surface area (Å²) in [5.41, 5.74) is -0.164. The van der Waals surface area contributed by atoms with E-state index >= 15 is 0 Å². The molecule has 17 heavy (non-hydrogen) atoms. The van der Waals surface area contributed by atoms with E-state index in [1.165, 1.54) is 12.8 Å². The monoisotopic (exact) mass is 236 g/mol. The lowest BCUT2D eigenvalue weighted by molar-refractivity contribution is -0.165. The molecule has 2 bridgehead atoms. The van der Waals surface area contributed by atoms with Gasteiger partial charge in [0, 0.05) is 0 Å². The summed E-state index contributed by atoms with van der Waals surface area (Å²) in [6.07, 6.45) is 10.4. The van der Waals surface area contributed by atoms with Crippen LogP contribution >= 0.6 is 0 Å². The molecule has 2 heterocycles. The molecule has 0 N–H and O–H groups in total. The van der Waals surface area contributed by atoms with Crippen molar-refractivity contribution < 1.29 is 14.3 Å². The Bertz CT molecular complexity index is 341. The van der Waals surface area contributed by atoms with E-state index in [1.54, 1.807) is 0 Å². The van der Waals surface area contributed by atoms with Crippen LogP contribution in [0, 0.1) is 5.92 Å². The highest BCUT2D eigenvalue weighted by Gasteiger charge is 2.45. The quantitative estimate of drug-likeness (QED) is 0.558. The third kappa shape index (κ3) is 1.90. The number of rotatable bonds is 3. The second-order valence-electron chi connectivity index (χ2n) is 5.53. The molecule has 0 aromatic rings. The van der Waals surface area contributed by atoms with Crippen molar-refractivity contribution in [3.63, 3.8) is 0 Å². The van der Waals surface area contributed by atoms with Gasteiger partial charge in [0.1, 0.15) is 5.60 Å². The highest BCUT2D eigenvalue weighted by Crippen LogP contribution is 2.40. The Morgan fingerprint density at radius 3 is 2.71 bits per heavy atom. The van der Waals surface area contributed by atoms with Gasteiger partial charge in [-0.05, 0) is 38.5 Å². The fourth-order valence-corrected chi connectivity index (χ4v) is 3.34. The molecule has 94 valence electrons. The topological polar surface area (TPSA) is 35.5 Å². The first-order chi connectivity index (χ1) is 8.22. The van der Waals surface area contributed by atoms with Crippen LogP contribution in [-0.2, 0) is 14.3 Å². The Morgan fingerprint density at radius 2 is 2.18 bits per heavy atom. The summed E-state index contributed by atoms with van der Waals surface area (Å²) < 4.78 is 11.5. The van der Waals surface area contributed by atoms with Gasteiger partial charge in [-0.15, -0.1) is 0 Å². The summed E-state index contributed by atoms with van der Waals surface area (Å²) in [5, 5.41) is 0. The Morgan fingerprint density at radius 1 is 1.41 bits per heavy atom. The van der Waals surface area contributed by atoms with E-state index in [1.807, 2.05) is 6.08 Å². The first-order valence-corrected chi connectivity index (χ1v) is 6.79. The summed E-state index contributed by atoms with van der Waals surface area (Å²) in [6.45, 7) is 2.12. The maximum atomic E-state index is 12.2. The van der Waals surface area contributed by atoms with Crippen molar-refractivity contribution in [2.24, 2.45) is 5.92 Å². The highest BCUT2D eigenvalue weighted by atomic mass is 16.6. The summed E-state index contributed by atoms with van der Waals surface area (Å²) >= 11 is 0. The van der Waals surface area contributed by atoms with Gasteiger partial charge in [-0.25, -0.2) is 0 Å². The van der Waals surface area contributed by atoms with Crippen LogP contribution < -0.4 is 0 Å². The van der Waals surface area contributed by atoms with Crippen LogP contribution in [0.15, 0.2) is 12.2 Å². The van der Waals surface area contributed by atoms with E-state index in [2.05, 4.69) is 13.0 Å². The van der Waals surface area contributed by atoms with Crippen LogP contribution in [0.3, 0.4) is 0 Å². The summed E-state index contributed by atoms with van der Waals surface area (Å²) in [6, 6.07) is 0. The molecule has 1 saturated carbocycles. The lowest BCUT2D eigenvalue weighted by Crippen LogP contribution is -2.36. The molecule has 3 nitrogen and oxygen atoms in total. The van der Waals surface area contributed by atoms with Gasteiger partial charge in [0.05, 0.1) is 18.1 Å². The minimum absolute atomic E-state index is 0.0252. The molecule has 1 aliphatic carbocycles. The van der Waals surface area contributed by atoms with E-state index in [4.69, 9.17) is 9.47 Å². The minimum Gasteiger partial charge on any atom is -0.459 e. The van der Waals surface area contributed by atoms with E-state index in [0.29, 0.717) is 0 Å². The number of esters is 1. The molecule has 0 aromatic heterocycles. The molecule has 3 rings (SSSR count). The zero-order valence-corrected chi connectivity index (χ0v) is 10.4. The van der Waals surface area contributed by atoms with Crippen molar-refractivity contribution in [2.75, 3.05) is 0 Å². The number of carbonyl (C=O) groups is 1. The number of ether oxygens (including phenoxy) is 2. The van der Waals surface area contributed by atoms with Crippen molar-refractivity contribution in [3.8, 4) is 0 Å². The standard InChI is InChI=1S/C14H20O3/c1-2-14(7-3-4-8-14)17-13(15)11-9-10-5-6-12(11)16-10/h5-6,10-12H,2-4,7-9H2,1H3. The first kappa shape index (κ1) is 11.3. The molecule has 0 spiro atoms. The predicted octanol–water partition coefficient (Wildman–Crippen LogP) is 2.60. The smallest absolute Gasteiger partial charge is 0.312 e. The molecular formula is C14H20O3. The van der Waals surface area contributed by atoms with Crippen LogP contribution in [0.5, 0.6) is 0 Å². The molecule has 3 aliphatic rings. The minimum atomic E-state index is -0.164. The lowest BCUT2D eigenvalue weighted by atomic mass is 9.93. The summed E-state index contributed by atoms with van der Waals surface area (Å²) in [5.74, 6) is -0.0976. The van der Waals surface area contributed by atoms with E-state index < -0.39 is 0 Å². The maximum absolute atomic E-state index is 12.2. The van der Waals surface area contributed by atoms with E-state index in [-0.39, 0.29) is 29.7 Å². The molecule has 2 aliphatic heterocycles. The molecule has 0 aromatic carbocycles. The first-order valence-electron chi connectivity index (χ1n) is 6.79. The van der Waals surface area contributed by atoms with Gasteiger partial charge in [-0.3, -0.25) is 4.79 Å². The second kappa shape index (κ2) is 4.13. The van der Waals surface area contributed by atoms with Crippen LogP contribution in [0.4, 0.5) is 0 Å². The number of fused-ring (bicyclic) bond motifs is 2. The average Bonchev–Trinajstić information content (AvgIpc) is 3.04. The van der Waals surface area contributed by atoms with Gasteiger partial charge in [0.2, 0.25) is 0 Å². The Hall–Kier alpha value is -0.830. The predicted molar refractivity (Wildman–Crippen MR) is 63.5 cm³/mol. The highest BCUT2D eigenvalue weighted by molar-refractivity contribution is 5.75. The van der Waals surface area contributed by atoms with E-state index in [9.17, 15) is 4.79 Å². The van der Waals surface area contributed by atoms with Gasteiger partial charge in [-0.2, -0.15) is 0 Å². The van der Waals surface area contributed by atoms with Gasteiger partial charge < -0.3 is 9.47 Å². The number of carbonyl (C=O) groups excluding carboxylic acids is 1. The molecule has 2 fully saturated rings. The van der Waals surface area contributed by atoms with Crippen molar-refractivity contribution >= 4 is 5.97 Å². The molecule has 0 amide bonds. The molecule has 3 heteroatoms. The zero-order chi connectivity index (χ0) is 11.9. The van der Waals surface area contributed by atoms with Gasteiger partial charge in [0.25, 0.3) is 0 Å². The molecule has 3 atom stereocenters. The van der Waals surface area contributed by atoms with Gasteiger partial charge >= 0.3 is 5.97 Å². The van der Waals surface area contributed by atoms with Crippen molar-refractivity contribution in [3.05, 3.63) is 12.2 Å². The van der Waals surface area contributed by atoms with Crippen molar-refractivity contribution in [1.82, 2.24) is 0 Å². The third-order valence-corrected chi connectivity index (χ3v) is 4.51. The maximum Gasteiger partial charge on any atom is 0.312 e. The largest absolute Gasteiger partial charge is 0.459 e. The fraction of sp³-hybridized carbons (Fsp3) is 0.786. The Kier molecular flexibility index (Phi) is 2.74. The Balaban J connectivity index is 1.65. The fourth-order valence-electron chi connectivity index (χ4n) is 3.34. The molecule has 3 unspecified atom stereocenters. The molecule has 1 saturated heterocycles. The van der Waals surface area contributed by atoms with Gasteiger partial charge in [0.15, 0.2) is 0 Å². The third-order valence-electron chi connectivity index (χ3n) is 4.51. The molecular weight excluding hydrogens is 216 g/mol. The van der Waals surface area contributed by atoms with Crippen LogP contribution in [-0.4, -0.2) is 23.8 Å². The average molecular weight is 236 g/mol. The van der Waals surface area contributed by atoms with Crippen LogP contribution in [0.25, 0.3) is 0 Å². The lowest BCUT2D eigenvalue weighted by Gasteiger charge is -2.29.